The van der Waals surface area contributed by atoms with Crippen molar-refractivity contribution in [3.63, 3.8) is 0 Å². The van der Waals surface area contributed by atoms with E-state index in [9.17, 15) is 4.39 Å². The first-order valence-corrected chi connectivity index (χ1v) is 11.8. The summed E-state index contributed by atoms with van der Waals surface area (Å²) in [5.41, 5.74) is 3.65. The number of rotatable bonds is 4. The van der Waals surface area contributed by atoms with Crippen LogP contribution in [0.3, 0.4) is 0 Å². The molecule has 2 saturated carbocycles. The van der Waals surface area contributed by atoms with E-state index in [0.717, 1.165) is 35.7 Å². The Morgan fingerprint density at radius 2 is 2.04 bits per heavy atom. The van der Waals surface area contributed by atoms with Crippen LogP contribution in [0, 0.1) is 23.1 Å². The van der Waals surface area contributed by atoms with Crippen molar-refractivity contribution < 1.29 is 4.39 Å². The molecule has 0 amide bonds. The molecular weight excluding hydrogens is 371 g/mol. The van der Waals surface area contributed by atoms with Gasteiger partial charge in [-0.2, -0.15) is 16.9 Å². The van der Waals surface area contributed by atoms with E-state index in [-0.39, 0.29) is 5.82 Å². The molecule has 0 aromatic carbocycles. The average Bonchev–Trinajstić information content (AvgIpc) is 3.15. The van der Waals surface area contributed by atoms with Crippen molar-refractivity contribution >= 4 is 11.8 Å². The van der Waals surface area contributed by atoms with Gasteiger partial charge >= 0.3 is 0 Å². The molecule has 4 heterocycles. The number of pyridine rings is 1. The van der Waals surface area contributed by atoms with Gasteiger partial charge in [-0.1, -0.05) is 0 Å². The van der Waals surface area contributed by atoms with E-state index < -0.39 is 0 Å². The van der Waals surface area contributed by atoms with Crippen LogP contribution >= 0.6 is 11.8 Å². The lowest BCUT2D eigenvalue weighted by atomic mass is 9.91. The third-order valence-corrected chi connectivity index (χ3v) is 9.31. The minimum atomic E-state index is -0.301. The maximum absolute atomic E-state index is 13.6. The quantitative estimate of drug-likeness (QED) is 0.779. The molecule has 28 heavy (non-hydrogen) atoms. The molecule has 0 bridgehead atoms. The third kappa shape index (κ3) is 2.67. The van der Waals surface area contributed by atoms with Gasteiger partial charge in [0.2, 0.25) is 0 Å². The molecule has 2 atom stereocenters. The fraction of sp³-hybridized carbons (Fsp3) is 0.636. The van der Waals surface area contributed by atoms with Crippen LogP contribution in [-0.2, 0) is 6.54 Å². The fourth-order valence-electron chi connectivity index (χ4n) is 6.10. The number of fused-ring (bicyclic) bond motifs is 1. The van der Waals surface area contributed by atoms with Gasteiger partial charge in [0.1, 0.15) is 5.82 Å². The minimum Gasteiger partial charge on any atom is -0.300 e. The van der Waals surface area contributed by atoms with Crippen LogP contribution < -0.4 is 0 Å². The zero-order chi connectivity index (χ0) is 18.9. The van der Waals surface area contributed by atoms with Crippen LogP contribution in [0.1, 0.15) is 37.8 Å². The molecule has 4 aliphatic rings. The van der Waals surface area contributed by atoms with Crippen molar-refractivity contribution in [2.75, 3.05) is 24.6 Å². The van der Waals surface area contributed by atoms with Crippen molar-refractivity contribution in [2.45, 2.75) is 44.7 Å². The molecule has 0 radical (unpaired) electrons. The van der Waals surface area contributed by atoms with Gasteiger partial charge in [0, 0.05) is 59.4 Å². The summed E-state index contributed by atoms with van der Waals surface area (Å²) in [7, 11) is 0. The summed E-state index contributed by atoms with van der Waals surface area (Å²) >= 11 is 2.13. The number of hydrogen-bond donors (Lipinski definition) is 0. The maximum atomic E-state index is 13.6. The van der Waals surface area contributed by atoms with E-state index in [1.165, 1.54) is 61.8 Å². The molecule has 4 nitrogen and oxygen atoms in total. The molecule has 0 N–H and O–H groups in total. The van der Waals surface area contributed by atoms with Crippen LogP contribution in [0.2, 0.25) is 0 Å². The maximum Gasteiger partial charge on any atom is 0.142 e. The standard InChI is InChI=1S/C22H27FN4S/c1-2-27-20(8-19(25-27)14-5-15(23)10-24-9-14)21-17-6-16(7-18(17)21)26-4-3-22(11-26)12-28-13-22/h5,8-10,16-18,21H,2-4,6-7,11-13H2,1H3. The number of aryl methyl sites for hydroxylation is 1. The topological polar surface area (TPSA) is 34.0 Å². The largest absolute Gasteiger partial charge is 0.300 e. The van der Waals surface area contributed by atoms with Crippen LogP contribution in [0.25, 0.3) is 11.3 Å². The molecule has 2 aliphatic carbocycles. The molecule has 2 aromatic rings. The Bertz CT molecular complexity index is 896. The lowest BCUT2D eigenvalue weighted by molar-refractivity contribution is 0.204. The Morgan fingerprint density at radius 3 is 2.68 bits per heavy atom. The molecule has 2 aromatic heterocycles. The summed E-state index contributed by atoms with van der Waals surface area (Å²) in [6, 6.07) is 4.53. The van der Waals surface area contributed by atoms with Gasteiger partial charge in [-0.25, -0.2) is 4.39 Å². The van der Waals surface area contributed by atoms with E-state index in [2.05, 4.69) is 39.3 Å². The molecule has 6 heteroatoms. The molecule has 1 spiro atoms. The Morgan fingerprint density at radius 1 is 1.21 bits per heavy atom. The zero-order valence-electron chi connectivity index (χ0n) is 16.4. The van der Waals surface area contributed by atoms with Crippen LogP contribution in [-0.4, -0.2) is 50.3 Å². The number of likely N-dealkylation sites (tertiary alicyclic amines) is 1. The number of aromatic nitrogens is 3. The predicted octanol–water partition coefficient (Wildman–Crippen LogP) is 4.04. The third-order valence-electron chi connectivity index (χ3n) is 7.67. The van der Waals surface area contributed by atoms with Gasteiger partial charge in [-0.3, -0.25) is 14.6 Å². The van der Waals surface area contributed by atoms with Crippen molar-refractivity contribution in [3.05, 3.63) is 36.0 Å². The fourth-order valence-corrected chi connectivity index (χ4v) is 7.36. The SMILES string of the molecule is CCn1nc(-c2cncc(F)c2)cc1C1C2CC(N3CCC4(CSC4)C3)CC21. The summed E-state index contributed by atoms with van der Waals surface area (Å²) in [6.07, 6.45) is 7.08. The number of thioether (sulfide) groups is 1. The zero-order valence-corrected chi connectivity index (χ0v) is 17.2. The van der Waals surface area contributed by atoms with Crippen molar-refractivity contribution in [2.24, 2.45) is 17.3 Å². The molecule has 148 valence electrons. The summed E-state index contributed by atoms with van der Waals surface area (Å²) in [5.74, 6) is 4.76. The van der Waals surface area contributed by atoms with Crippen LogP contribution in [0.5, 0.6) is 0 Å². The molecule has 4 fully saturated rings. The van der Waals surface area contributed by atoms with Gasteiger partial charge in [0.05, 0.1) is 11.9 Å². The van der Waals surface area contributed by atoms with E-state index in [4.69, 9.17) is 5.10 Å². The van der Waals surface area contributed by atoms with E-state index in [1.807, 2.05) is 0 Å². The van der Waals surface area contributed by atoms with Gasteiger partial charge in [0.25, 0.3) is 0 Å². The van der Waals surface area contributed by atoms with Gasteiger partial charge < -0.3 is 0 Å². The summed E-state index contributed by atoms with van der Waals surface area (Å²) in [6.45, 7) is 5.67. The predicted molar refractivity (Wildman–Crippen MR) is 110 cm³/mol. The Labute approximate surface area is 169 Å². The van der Waals surface area contributed by atoms with Gasteiger partial charge in [-0.15, -0.1) is 0 Å². The van der Waals surface area contributed by atoms with E-state index in [1.54, 1.807) is 6.20 Å². The second-order valence-electron chi connectivity index (χ2n) is 9.35. The Kier molecular flexibility index (Phi) is 3.93. The second kappa shape index (κ2) is 6.30. The van der Waals surface area contributed by atoms with Crippen molar-refractivity contribution in [3.8, 4) is 11.3 Å². The van der Waals surface area contributed by atoms with E-state index >= 15 is 0 Å². The molecule has 2 unspecified atom stereocenters. The number of halogens is 1. The normalized spacial score (nSPS) is 33.2. The summed E-state index contributed by atoms with van der Waals surface area (Å²) in [5, 5.41) is 4.76. The summed E-state index contributed by atoms with van der Waals surface area (Å²) < 4.78 is 15.7. The highest BCUT2D eigenvalue weighted by Gasteiger charge is 2.59. The average molecular weight is 399 g/mol. The highest BCUT2D eigenvalue weighted by Crippen LogP contribution is 2.64. The first-order valence-electron chi connectivity index (χ1n) is 10.7. The lowest BCUT2D eigenvalue weighted by Gasteiger charge is -2.38. The minimum absolute atomic E-state index is 0.301. The first kappa shape index (κ1) is 17.5. The second-order valence-corrected chi connectivity index (χ2v) is 10.3. The number of hydrogen-bond acceptors (Lipinski definition) is 4. The smallest absolute Gasteiger partial charge is 0.142 e. The Balaban J connectivity index is 1.17. The van der Waals surface area contributed by atoms with E-state index in [0.29, 0.717) is 11.3 Å². The van der Waals surface area contributed by atoms with Crippen molar-refractivity contribution in [1.82, 2.24) is 19.7 Å². The highest BCUT2D eigenvalue weighted by atomic mass is 32.2. The van der Waals surface area contributed by atoms with Crippen LogP contribution in [0.15, 0.2) is 24.5 Å². The monoisotopic (exact) mass is 398 g/mol. The van der Waals surface area contributed by atoms with Crippen LogP contribution in [0.4, 0.5) is 4.39 Å². The molecule has 2 aliphatic heterocycles. The first-order chi connectivity index (χ1) is 13.7. The van der Waals surface area contributed by atoms with Gasteiger partial charge in [-0.05, 0) is 56.7 Å². The molecule has 2 saturated heterocycles. The number of nitrogens with zero attached hydrogens (tertiary/aromatic N) is 4. The lowest BCUT2D eigenvalue weighted by Crippen LogP contribution is -2.41. The molecular formula is C22H27FN4S. The molecule has 6 rings (SSSR count). The van der Waals surface area contributed by atoms with Gasteiger partial charge in [0.15, 0.2) is 0 Å². The highest BCUT2D eigenvalue weighted by molar-refractivity contribution is 8.00. The Hall–Kier alpha value is -1.40. The summed E-state index contributed by atoms with van der Waals surface area (Å²) in [4.78, 5) is 6.80. The van der Waals surface area contributed by atoms with Crippen molar-refractivity contribution in [1.29, 1.82) is 0 Å².